The third-order valence-electron chi connectivity index (χ3n) is 3.86. The number of carbonyl (C=O) groups is 1. The van der Waals surface area contributed by atoms with Crippen LogP contribution < -0.4 is 4.72 Å². The number of amides is 1. The topological polar surface area (TPSA) is 76.1 Å². The molecule has 0 unspecified atom stereocenters. The highest BCUT2D eigenvalue weighted by atomic mass is 35.5. The molecule has 1 aromatic heterocycles. The Morgan fingerprint density at radius 2 is 1.96 bits per heavy atom. The summed E-state index contributed by atoms with van der Waals surface area (Å²) < 4.78 is 27.2. The van der Waals surface area contributed by atoms with Crippen LogP contribution in [-0.2, 0) is 21.2 Å². The summed E-state index contributed by atoms with van der Waals surface area (Å²) in [4.78, 5) is 16.6. The molecular formula is C19H17ClN2O3S2. The van der Waals surface area contributed by atoms with E-state index in [-0.39, 0.29) is 11.3 Å². The van der Waals surface area contributed by atoms with E-state index in [0.717, 1.165) is 16.3 Å². The number of thiazole rings is 1. The first-order chi connectivity index (χ1) is 12.7. The van der Waals surface area contributed by atoms with Crippen molar-refractivity contribution in [2.75, 3.05) is 0 Å². The second kappa shape index (κ2) is 7.80. The third kappa shape index (κ3) is 4.74. The van der Waals surface area contributed by atoms with Gasteiger partial charge in [-0.3, -0.25) is 4.79 Å². The van der Waals surface area contributed by atoms with Gasteiger partial charge >= 0.3 is 0 Å². The van der Waals surface area contributed by atoms with E-state index >= 15 is 0 Å². The number of aryl methyl sites for hydroxylation is 2. The summed E-state index contributed by atoms with van der Waals surface area (Å²) in [6.45, 7) is 3.73. The molecule has 0 saturated carbocycles. The van der Waals surface area contributed by atoms with Gasteiger partial charge in [0, 0.05) is 21.7 Å². The number of halogens is 1. The Kier molecular flexibility index (Phi) is 5.64. The molecule has 27 heavy (non-hydrogen) atoms. The number of rotatable bonds is 5. The van der Waals surface area contributed by atoms with Crippen LogP contribution in [0.5, 0.6) is 0 Å². The highest BCUT2D eigenvalue weighted by molar-refractivity contribution is 7.90. The average Bonchev–Trinajstić information content (AvgIpc) is 3.04. The molecule has 0 aliphatic heterocycles. The highest BCUT2D eigenvalue weighted by Crippen LogP contribution is 2.25. The van der Waals surface area contributed by atoms with Crippen LogP contribution in [0.1, 0.15) is 16.8 Å². The zero-order valence-electron chi connectivity index (χ0n) is 14.7. The average molecular weight is 421 g/mol. The molecular weight excluding hydrogens is 404 g/mol. The summed E-state index contributed by atoms with van der Waals surface area (Å²) in [5.41, 5.74) is 3.09. The van der Waals surface area contributed by atoms with E-state index in [9.17, 15) is 13.2 Å². The molecule has 140 valence electrons. The monoisotopic (exact) mass is 420 g/mol. The molecule has 1 amide bonds. The van der Waals surface area contributed by atoms with Gasteiger partial charge in [-0.25, -0.2) is 18.1 Å². The van der Waals surface area contributed by atoms with Crippen molar-refractivity contribution in [3.05, 3.63) is 69.7 Å². The molecule has 0 bridgehead atoms. The van der Waals surface area contributed by atoms with Gasteiger partial charge in [0.1, 0.15) is 5.01 Å². The molecule has 0 spiro atoms. The van der Waals surface area contributed by atoms with Gasteiger partial charge in [0.2, 0.25) is 5.91 Å². The molecule has 8 heteroatoms. The quantitative estimate of drug-likeness (QED) is 0.673. The number of nitrogens with zero attached hydrogens (tertiary/aromatic N) is 1. The molecule has 5 nitrogen and oxygen atoms in total. The lowest BCUT2D eigenvalue weighted by molar-refractivity contribution is -0.118. The molecule has 3 rings (SSSR count). The van der Waals surface area contributed by atoms with Gasteiger partial charge in [-0.15, -0.1) is 11.3 Å². The molecule has 3 aromatic rings. The molecule has 1 N–H and O–H groups in total. The van der Waals surface area contributed by atoms with Crippen LogP contribution in [0.15, 0.2) is 52.7 Å². The Labute approximate surface area is 167 Å². The number of carbonyl (C=O) groups excluding carboxylic acids is 1. The Bertz CT molecular complexity index is 1110. The minimum atomic E-state index is -3.98. The third-order valence-corrected chi connectivity index (χ3v) is 6.65. The minimum Gasteiger partial charge on any atom is -0.274 e. The van der Waals surface area contributed by atoms with Gasteiger partial charge < -0.3 is 0 Å². The predicted octanol–water partition coefficient (Wildman–Crippen LogP) is 4.13. The first-order valence-corrected chi connectivity index (χ1v) is 10.8. The maximum atomic E-state index is 12.6. The van der Waals surface area contributed by atoms with Crippen LogP contribution in [0, 0.1) is 13.8 Å². The van der Waals surface area contributed by atoms with Crippen LogP contribution in [0.3, 0.4) is 0 Å². The van der Waals surface area contributed by atoms with E-state index in [4.69, 9.17) is 11.6 Å². The number of aromatic nitrogens is 1. The molecule has 0 radical (unpaired) electrons. The van der Waals surface area contributed by atoms with E-state index in [2.05, 4.69) is 9.71 Å². The maximum Gasteiger partial charge on any atom is 0.264 e. The van der Waals surface area contributed by atoms with Crippen molar-refractivity contribution in [2.45, 2.75) is 25.2 Å². The summed E-state index contributed by atoms with van der Waals surface area (Å²) in [5, 5.41) is 3.16. The van der Waals surface area contributed by atoms with Crippen LogP contribution in [0.2, 0.25) is 5.02 Å². The lowest BCUT2D eigenvalue weighted by Gasteiger charge is -2.09. The predicted molar refractivity (Wildman–Crippen MR) is 108 cm³/mol. The summed E-state index contributed by atoms with van der Waals surface area (Å²) in [7, 11) is -3.98. The summed E-state index contributed by atoms with van der Waals surface area (Å²) in [5.74, 6) is -0.620. The van der Waals surface area contributed by atoms with Gasteiger partial charge in [0.15, 0.2) is 0 Å². The molecule has 0 aliphatic carbocycles. The van der Waals surface area contributed by atoms with Gasteiger partial charge in [-0.1, -0.05) is 35.9 Å². The second-order valence-electron chi connectivity index (χ2n) is 6.11. The summed E-state index contributed by atoms with van der Waals surface area (Å²) in [6, 6.07) is 11.6. The Balaban J connectivity index is 1.78. The van der Waals surface area contributed by atoms with Gasteiger partial charge in [0.05, 0.1) is 11.3 Å². The van der Waals surface area contributed by atoms with Crippen LogP contribution >= 0.6 is 22.9 Å². The van der Waals surface area contributed by atoms with Crippen molar-refractivity contribution in [2.24, 2.45) is 0 Å². The number of hydrogen-bond acceptors (Lipinski definition) is 5. The SMILES string of the molecule is Cc1csc(-c2cccc(S(=O)(=O)NC(=O)Cc3ccc(C)c(Cl)c3)c2)n1. The molecule has 0 aliphatic rings. The van der Waals surface area contributed by atoms with E-state index < -0.39 is 15.9 Å². The van der Waals surface area contributed by atoms with Gasteiger partial charge in [0.25, 0.3) is 10.0 Å². The number of nitrogens with one attached hydrogen (secondary N) is 1. The minimum absolute atomic E-state index is 0.0168. The molecule has 0 fully saturated rings. The van der Waals surface area contributed by atoms with Gasteiger partial charge in [-0.05, 0) is 43.2 Å². The van der Waals surface area contributed by atoms with E-state index in [1.807, 2.05) is 19.2 Å². The van der Waals surface area contributed by atoms with Crippen LogP contribution in [-0.4, -0.2) is 19.3 Å². The fourth-order valence-electron chi connectivity index (χ4n) is 2.46. The normalized spacial score (nSPS) is 11.4. The molecule has 0 atom stereocenters. The number of sulfonamides is 1. The van der Waals surface area contributed by atoms with Crippen molar-refractivity contribution in [3.63, 3.8) is 0 Å². The van der Waals surface area contributed by atoms with E-state index in [1.165, 1.54) is 23.5 Å². The van der Waals surface area contributed by atoms with E-state index in [1.54, 1.807) is 30.3 Å². The van der Waals surface area contributed by atoms with Crippen molar-refractivity contribution < 1.29 is 13.2 Å². The smallest absolute Gasteiger partial charge is 0.264 e. The lowest BCUT2D eigenvalue weighted by atomic mass is 10.1. The van der Waals surface area contributed by atoms with Crippen molar-refractivity contribution in [1.29, 1.82) is 0 Å². The van der Waals surface area contributed by atoms with E-state index in [0.29, 0.717) is 16.1 Å². The zero-order chi connectivity index (χ0) is 19.6. The largest absolute Gasteiger partial charge is 0.274 e. The molecule has 2 aromatic carbocycles. The summed E-state index contributed by atoms with van der Waals surface area (Å²) >= 11 is 7.48. The first kappa shape index (κ1) is 19.5. The van der Waals surface area contributed by atoms with Crippen molar-refractivity contribution in [1.82, 2.24) is 9.71 Å². The Morgan fingerprint density at radius 1 is 1.19 bits per heavy atom. The fraction of sp³-hybridized carbons (Fsp3) is 0.158. The molecule has 1 heterocycles. The number of hydrogen-bond donors (Lipinski definition) is 1. The first-order valence-electron chi connectivity index (χ1n) is 8.08. The second-order valence-corrected chi connectivity index (χ2v) is 9.06. The summed E-state index contributed by atoms with van der Waals surface area (Å²) in [6.07, 6.45) is -0.0788. The zero-order valence-corrected chi connectivity index (χ0v) is 17.1. The van der Waals surface area contributed by atoms with Gasteiger partial charge in [-0.2, -0.15) is 0 Å². The number of benzene rings is 2. The Morgan fingerprint density at radius 3 is 2.63 bits per heavy atom. The maximum absolute atomic E-state index is 12.6. The van der Waals surface area contributed by atoms with Crippen LogP contribution in [0.4, 0.5) is 0 Å². The molecule has 0 saturated heterocycles. The van der Waals surface area contributed by atoms with Crippen molar-refractivity contribution >= 4 is 38.9 Å². The highest BCUT2D eigenvalue weighted by Gasteiger charge is 2.19. The standard InChI is InChI=1S/C19H17ClN2O3S2/c1-12-6-7-14(8-17(12)20)9-18(23)22-27(24,25)16-5-3-4-15(10-16)19-21-13(2)11-26-19/h3-8,10-11H,9H2,1-2H3,(H,22,23). The van der Waals surface area contributed by atoms with Crippen LogP contribution in [0.25, 0.3) is 10.6 Å². The van der Waals surface area contributed by atoms with Crippen molar-refractivity contribution in [3.8, 4) is 10.6 Å². The lowest BCUT2D eigenvalue weighted by Crippen LogP contribution is -2.31. The fourth-order valence-corrected chi connectivity index (χ4v) is 4.49. The Hall–Kier alpha value is -2.22.